The van der Waals surface area contributed by atoms with Crippen LogP contribution in [0, 0.1) is 31.9 Å². The molecule has 9 nitrogen and oxygen atoms in total. The number of anilines is 2. The Balaban J connectivity index is 3.01. The maximum Gasteiger partial charge on any atom is 0.471 e. The van der Waals surface area contributed by atoms with Crippen LogP contribution in [0.2, 0.25) is 0 Å². The molecule has 0 atom stereocenters. The lowest BCUT2D eigenvalue weighted by molar-refractivity contribution is -0.384. The fourth-order valence-electron chi connectivity index (χ4n) is 2.36. The molecule has 0 aliphatic rings. The molecule has 0 spiro atoms. The number of fused-ring (bicyclic) bond motifs is 1. The number of nitrogens with one attached hydrogen (secondary N) is 2. The van der Waals surface area contributed by atoms with E-state index in [9.17, 15) is 47.0 Å². The lowest BCUT2D eigenvalue weighted by Crippen LogP contribution is -2.30. The van der Waals surface area contributed by atoms with Crippen LogP contribution in [0.15, 0.2) is 12.1 Å². The quantitative estimate of drug-likeness (QED) is 0.464. The second-order valence-electron chi connectivity index (χ2n) is 4.97. The molecule has 0 aliphatic heterocycles. The van der Waals surface area contributed by atoms with E-state index in [1.54, 1.807) is 0 Å². The molecule has 0 saturated carbocycles. The summed E-state index contributed by atoms with van der Waals surface area (Å²) in [7, 11) is 1.08. The van der Waals surface area contributed by atoms with Crippen molar-refractivity contribution in [2.24, 2.45) is 0 Å². The molecule has 2 aromatic rings. The molecule has 0 heterocycles. The van der Waals surface area contributed by atoms with Gasteiger partial charge in [0.25, 0.3) is 11.4 Å². The van der Waals surface area contributed by atoms with Gasteiger partial charge in [0.1, 0.15) is 23.0 Å². The second-order valence-corrected chi connectivity index (χ2v) is 4.97. The number of nitro benzene ring substituents is 2. The maximum atomic E-state index is 14.4. The van der Waals surface area contributed by atoms with Gasteiger partial charge in [0.2, 0.25) is 0 Å². The minimum atomic E-state index is -5.49. The average molecular weight is 394 g/mol. The molecule has 27 heavy (non-hydrogen) atoms. The number of halogens is 5. The Morgan fingerprint density at radius 1 is 0.963 bits per heavy atom. The van der Waals surface area contributed by atoms with Gasteiger partial charge in [-0.1, -0.05) is 0 Å². The van der Waals surface area contributed by atoms with Crippen molar-refractivity contribution in [3.8, 4) is 0 Å². The van der Waals surface area contributed by atoms with Crippen LogP contribution in [0.3, 0.4) is 0 Å². The van der Waals surface area contributed by atoms with Crippen molar-refractivity contribution in [2.75, 3.05) is 17.7 Å². The average Bonchev–Trinajstić information content (AvgIpc) is 2.55. The van der Waals surface area contributed by atoms with Gasteiger partial charge in [-0.15, -0.1) is 0 Å². The van der Waals surface area contributed by atoms with E-state index in [1.165, 1.54) is 0 Å². The summed E-state index contributed by atoms with van der Waals surface area (Å²) in [4.78, 5) is 30.8. The fraction of sp³-hybridized carbons (Fsp3) is 0.154. The molecule has 2 aromatic carbocycles. The zero-order valence-corrected chi connectivity index (χ0v) is 13.0. The van der Waals surface area contributed by atoms with Gasteiger partial charge in [-0.05, 0) is 0 Å². The van der Waals surface area contributed by atoms with E-state index in [0.29, 0.717) is 0 Å². The van der Waals surface area contributed by atoms with E-state index < -0.39 is 67.1 Å². The molecule has 2 N–H and O–H groups in total. The highest BCUT2D eigenvalue weighted by Crippen LogP contribution is 2.44. The number of nitrogens with zero attached hydrogens (tertiary/aromatic N) is 2. The molecule has 0 radical (unpaired) electrons. The molecule has 0 aliphatic carbocycles. The van der Waals surface area contributed by atoms with E-state index in [1.807, 2.05) is 0 Å². The number of alkyl halides is 3. The minimum Gasteiger partial charge on any atom is -0.382 e. The van der Waals surface area contributed by atoms with Crippen LogP contribution >= 0.6 is 0 Å². The number of amides is 1. The van der Waals surface area contributed by atoms with Gasteiger partial charge in [0.15, 0.2) is 0 Å². The third-order valence-electron chi connectivity index (χ3n) is 3.41. The number of hydrogen-bond donors (Lipinski definition) is 2. The highest BCUT2D eigenvalue weighted by molar-refractivity contribution is 6.12. The molecule has 2 rings (SSSR count). The summed E-state index contributed by atoms with van der Waals surface area (Å²) in [5.41, 5.74) is -4.27. The molecular weight excluding hydrogens is 387 g/mol. The lowest BCUT2D eigenvalue weighted by Gasteiger charge is -2.14. The predicted octanol–water partition coefficient (Wildman–Crippen LogP) is 3.48. The summed E-state index contributed by atoms with van der Waals surface area (Å²) >= 11 is 0. The van der Waals surface area contributed by atoms with Crippen molar-refractivity contribution in [1.82, 2.24) is 0 Å². The number of benzene rings is 2. The SMILES string of the molecule is CNc1c([N+](=O)[O-])cc(F)c2c(NC(=O)C(F)(F)F)c([N+](=O)[O-])cc(F)c12. The number of carbonyl (C=O) groups excluding carboxylic acids is 1. The van der Waals surface area contributed by atoms with Crippen LogP contribution < -0.4 is 10.6 Å². The molecular formula is C13H7F5N4O5. The molecule has 0 aromatic heterocycles. The summed E-state index contributed by atoms with van der Waals surface area (Å²) < 4.78 is 66.3. The number of hydrogen-bond acceptors (Lipinski definition) is 6. The summed E-state index contributed by atoms with van der Waals surface area (Å²) in [5.74, 6) is -5.84. The van der Waals surface area contributed by atoms with Gasteiger partial charge in [0, 0.05) is 7.05 Å². The number of nitro groups is 2. The van der Waals surface area contributed by atoms with Crippen molar-refractivity contribution in [3.05, 3.63) is 44.0 Å². The van der Waals surface area contributed by atoms with Crippen molar-refractivity contribution in [1.29, 1.82) is 0 Å². The van der Waals surface area contributed by atoms with Crippen LogP contribution in [0.5, 0.6) is 0 Å². The first-order chi connectivity index (χ1) is 12.4. The van der Waals surface area contributed by atoms with Gasteiger partial charge < -0.3 is 10.6 Å². The molecule has 0 bridgehead atoms. The third-order valence-corrected chi connectivity index (χ3v) is 3.41. The van der Waals surface area contributed by atoms with Crippen LogP contribution in [0.1, 0.15) is 0 Å². The van der Waals surface area contributed by atoms with Crippen LogP contribution in [-0.4, -0.2) is 29.0 Å². The summed E-state index contributed by atoms with van der Waals surface area (Å²) in [6.45, 7) is 0. The van der Waals surface area contributed by atoms with E-state index in [2.05, 4.69) is 5.32 Å². The largest absolute Gasteiger partial charge is 0.471 e. The highest BCUT2D eigenvalue weighted by atomic mass is 19.4. The zero-order valence-electron chi connectivity index (χ0n) is 13.0. The Morgan fingerprint density at radius 2 is 1.37 bits per heavy atom. The van der Waals surface area contributed by atoms with Gasteiger partial charge in [-0.25, -0.2) is 8.78 Å². The Morgan fingerprint density at radius 3 is 1.74 bits per heavy atom. The first-order valence-electron chi connectivity index (χ1n) is 6.73. The Labute approximate surface area is 145 Å². The monoisotopic (exact) mass is 394 g/mol. The van der Waals surface area contributed by atoms with Gasteiger partial charge in [0.05, 0.1) is 32.8 Å². The summed E-state index contributed by atoms with van der Waals surface area (Å²) in [6.07, 6.45) is -5.49. The van der Waals surface area contributed by atoms with Crippen molar-refractivity contribution in [3.63, 3.8) is 0 Å². The minimum absolute atomic E-state index is 0.123. The standard InChI is InChI=1S/C13H7F5N4O5/c1-19-10-6(21(24)25)2-5(15)9-8(10)4(14)3-7(22(26)27)11(9)20-12(23)13(16,17)18/h2-3,19H,1H3,(H,20,23). The van der Waals surface area contributed by atoms with Gasteiger partial charge in [-0.2, -0.15) is 13.2 Å². The van der Waals surface area contributed by atoms with Crippen LogP contribution in [0.4, 0.5) is 44.7 Å². The van der Waals surface area contributed by atoms with E-state index in [0.717, 1.165) is 12.4 Å². The summed E-state index contributed by atoms with van der Waals surface area (Å²) in [6, 6.07) is 0.360. The lowest BCUT2D eigenvalue weighted by atomic mass is 10.0. The van der Waals surface area contributed by atoms with Gasteiger partial charge >= 0.3 is 12.1 Å². The third kappa shape index (κ3) is 3.40. The molecule has 144 valence electrons. The van der Waals surface area contributed by atoms with Crippen molar-refractivity contribution in [2.45, 2.75) is 6.18 Å². The fourth-order valence-corrected chi connectivity index (χ4v) is 2.36. The van der Waals surface area contributed by atoms with E-state index in [-0.39, 0.29) is 12.1 Å². The molecule has 14 heteroatoms. The molecule has 0 unspecified atom stereocenters. The zero-order chi connectivity index (χ0) is 20.7. The summed E-state index contributed by atoms with van der Waals surface area (Å²) in [5, 5.41) is 23.3. The Bertz CT molecular complexity index is 992. The van der Waals surface area contributed by atoms with Crippen LogP contribution in [0.25, 0.3) is 10.8 Å². The normalized spacial score (nSPS) is 11.3. The van der Waals surface area contributed by atoms with E-state index >= 15 is 0 Å². The molecule has 0 saturated heterocycles. The number of rotatable bonds is 4. The smallest absolute Gasteiger partial charge is 0.382 e. The second kappa shape index (κ2) is 6.62. The van der Waals surface area contributed by atoms with Gasteiger partial charge in [-0.3, -0.25) is 25.0 Å². The van der Waals surface area contributed by atoms with Crippen molar-refractivity contribution >= 4 is 39.4 Å². The first kappa shape index (κ1) is 19.7. The molecule has 0 fully saturated rings. The van der Waals surface area contributed by atoms with Crippen LogP contribution in [-0.2, 0) is 4.79 Å². The highest BCUT2D eigenvalue weighted by Gasteiger charge is 2.41. The first-order valence-corrected chi connectivity index (χ1v) is 6.73. The maximum absolute atomic E-state index is 14.4. The Hall–Kier alpha value is -3.58. The predicted molar refractivity (Wildman–Crippen MR) is 81.4 cm³/mol. The Kier molecular flexibility index (Phi) is 4.84. The van der Waals surface area contributed by atoms with Crippen molar-refractivity contribution < 1.29 is 36.6 Å². The molecule has 1 amide bonds. The topological polar surface area (TPSA) is 127 Å². The van der Waals surface area contributed by atoms with E-state index in [4.69, 9.17) is 0 Å². The number of carbonyl (C=O) groups is 1.